The van der Waals surface area contributed by atoms with Gasteiger partial charge in [-0.25, -0.2) is 4.39 Å². The van der Waals surface area contributed by atoms with Crippen LogP contribution in [0.2, 0.25) is 0 Å². The maximum atomic E-state index is 13.2. The van der Waals surface area contributed by atoms with Crippen LogP contribution in [-0.2, 0) is 0 Å². The summed E-state index contributed by atoms with van der Waals surface area (Å²) >= 11 is 0. The van der Waals surface area contributed by atoms with Gasteiger partial charge in [0, 0.05) is 13.1 Å². The molecule has 1 aromatic carbocycles. The van der Waals surface area contributed by atoms with Crippen molar-refractivity contribution < 1.29 is 4.39 Å². The van der Waals surface area contributed by atoms with Crippen molar-refractivity contribution in [1.29, 1.82) is 0 Å². The van der Waals surface area contributed by atoms with Crippen LogP contribution in [-0.4, -0.2) is 31.1 Å². The van der Waals surface area contributed by atoms with Gasteiger partial charge in [-0.05, 0) is 44.0 Å². The van der Waals surface area contributed by atoms with Gasteiger partial charge in [0.1, 0.15) is 5.82 Å². The highest BCUT2D eigenvalue weighted by Gasteiger charge is 2.14. The molecule has 100 valence electrons. The van der Waals surface area contributed by atoms with Crippen molar-refractivity contribution in [3.63, 3.8) is 0 Å². The third kappa shape index (κ3) is 3.35. The number of hydrogen-bond donors (Lipinski definition) is 2. The van der Waals surface area contributed by atoms with Gasteiger partial charge in [0.15, 0.2) is 0 Å². The molecule has 1 aliphatic rings. The summed E-state index contributed by atoms with van der Waals surface area (Å²) in [6, 6.07) is 4.87. The lowest BCUT2D eigenvalue weighted by Gasteiger charge is -2.30. The molecule has 0 atom stereocenters. The number of anilines is 2. The van der Waals surface area contributed by atoms with Crippen LogP contribution in [0.5, 0.6) is 0 Å². The van der Waals surface area contributed by atoms with Crippen LogP contribution in [0.15, 0.2) is 18.2 Å². The average Bonchev–Trinajstić information content (AvgIpc) is 2.37. The first-order chi connectivity index (χ1) is 8.66. The van der Waals surface area contributed by atoms with Crippen molar-refractivity contribution in [2.45, 2.75) is 19.8 Å². The van der Waals surface area contributed by atoms with Gasteiger partial charge < -0.3 is 16.0 Å². The maximum Gasteiger partial charge on any atom is 0.148 e. The molecule has 0 unspecified atom stereocenters. The van der Waals surface area contributed by atoms with Crippen molar-refractivity contribution >= 4 is 11.4 Å². The first kappa shape index (κ1) is 13.1. The Balaban J connectivity index is 1.77. The number of nitrogens with two attached hydrogens (primary N) is 1. The molecule has 0 saturated carbocycles. The van der Waals surface area contributed by atoms with E-state index in [0.717, 1.165) is 19.0 Å². The number of para-hydroxylation sites is 1. The second-order valence-electron chi connectivity index (χ2n) is 5.15. The van der Waals surface area contributed by atoms with Crippen molar-refractivity contribution in [1.82, 2.24) is 4.90 Å². The van der Waals surface area contributed by atoms with Crippen LogP contribution < -0.4 is 11.1 Å². The molecule has 0 amide bonds. The summed E-state index contributed by atoms with van der Waals surface area (Å²) in [7, 11) is 0. The summed E-state index contributed by atoms with van der Waals surface area (Å²) in [4.78, 5) is 2.45. The third-order valence-corrected chi connectivity index (χ3v) is 3.67. The highest BCUT2D eigenvalue weighted by atomic mass is 19.1. The Kier molecular flexibility index (Phi) is 4.42. The highest BCUT2D eigenvalue weighted by Crippen LogP contribution is 2.21. The third-order valence-electron chi connectivity index (χ3n) is 3.67. The molecule has 0 radical (unpaired) electrons. The van der Waals surface area contributed by atoms with Crippen molar-refractivity contribution in [2.75, 3.05) is 37.2 Å². The van der Waals surface area contributed by atoms with Gasteiger partial charge in [-0.1, -0.05) is 13.0 Å². The van der Waals surface area contributed by atoms with Gasteiger partial charge in [-0.2, -0.15) is 0 Å². The number of rotatable bonds is 4. The normalized spacial score (nSPS) is 17.9. The lowest BCUT2D eigenvalue weighted by Crippen LogP contribution is -2.36. The molecule has 1 heterocycles. The molecule has 3 N–H and O–H groups in total. The average molecular weight is 251 g/mol. The van der Waals surface area contributed by atoms with Crippen molar-refractivity contribution in [3.8, 4) is 0 Å². The van der Waals surface area contributed by atoms with E-state index >= 15 is 0 Å². The number of benzene rings is 1. The standard InChI is InChI=1S/C14H22FN3/c1-11-5-8-18(9-6-11)10-7-17-13-4-2-3-12(15)14(13)16/h2-4,11,17H,5-10,16H2,1H3. The molecule has 1 aliphatic heterocycles. The van der Waals surface area contributed by atoms with E-state index in [2.05, 4.69) is 17.1 Å². The molecule has 4 heteroatoms. The van der Waals surface area contributed by atoms with Gasteiger partial charge in [-0.3, -0.25) is 0 Å². The first-order valence-corrected chi connectivity index (χ1v) is 6.67. The molecule has 0 spiro atoms. The molecular weight excluding hydrogens is 229 g/mol. The van der Waals surface area contributed by atoms with Crippen LogP contribution in [0.3, 0.4) is 0 Å². The second kappa shape index (κ2) is 6.05. The zero-order valence-corrected chi connectivity index (χ0v) is 11.0. The number of piperidine rings is 1. The Morgan fingerprint density at radius 3 is 2.83 bits per heavy atom. The number of nitrogen functional groups attached to an aromatic ring is 1. The summed E-state index contributed by atoms with van der Waals surface area (Å²) in [6.45, 7) is 6.44. The van der Waals surface area contributed by atoms with E-state index < -0.39 is 0 Å². The van der Waals surface area contributed by atoms with Crippen molar-refractivity contribution in [2.24, 2.45) is 5.92 Å². The van der Waals surface area contributed by atoms with Crippen molar-refractivity contribution in [3.05, 3.63) is 24.0 Å². The molecule has 3 nitrogen and oxygen atoms in total. The Morgan fingerprint density at radius 1 is 1.39 bits per heavy atom. The number of halogens is 1. The molecule has 0 aromatic heterocycles. The van der Waals surface area contributed by atoms with E-state index in [9.17, 15) is 4.39 Å². The molecule has 0 bridgehead atoms. The fourth-order valence-electron chi connectivity index (χ4n) is 2.33. The van der Waals surface area contributed by atoms with E-state index in [0.29, 0.717) is 5.69 Å². The lowest BCUT2D eigenvalue weighted by atomic mass is 9.99. The zero-order chi connectivity index (χ0) is 13.0. The molecule has 1 fully saturated rings. The Hall–Kier alpha value is -1.29. The fourth-order valence-corrected chi connectivity index (χ4v) is 2.33. The summed E-state index contributed by atoms with van der Waals surface area (Å²) in [6.07, 6.45) is 2.56. The SMILES string of the molecule is CC1CCN(CCNc2cccc(F)c2N)CC1. The topological polar surface area (TPSA) is 41.3 Å². The van der Waals surface area contributed by atoms with E-state index in [1.54, 1.807) is 6.07 Å². The van der Waals surface area contributed by atoms with Crippen LogP contribution in [0, 0.1) is 11.7 Å². The number of likely N-dealkylation sites (tertiary alicyclic amines) is 1. The predicted octanol–water partition coefficient (Wildman–Crippen LogP) is 2.55. The van der Waals surface area contributed by atoms with E-state index in [1.165, 1.54) is 32.0 Å². The van der Waals surface area contributed by atoms with Crippen LogP contribution in [0.4, 0.5) is 15.8 Å². The summed E-state index contributed by atoms with van der Waals surface area (Å²) < 4.78 is 13.2. The smallest absolute Gasteiger partial charge is 0.148 e. The molecule has 2 rings (SSSR count). The van der Waals surface area contributed by atoms with E-state index in [1.807, 2.05) is 6.07 Å². The molecule has 18 heavy (non-hydrogen) atoms. The summed E-state index contributed by atoms with van der Waals surface area (Å²) in [5.41, 5.74) is 6.58. The minimum atomic E-state index is -0.355. The first-order valence-electron chi connectivity index (χ1n) is 6.67. The molecule has 1 aromatic rings. The number of nitrogens with zero attached hydrogens (tertiary/aromatic N) is 1. The summed E-state index contributed by atoms with van der Waals surface area (Å²) in [5, 5.41) is 3.21. The zero-order valence-electron chi connectivity index (χ0n) is 11.0. The largest absolute Gasteiger partial charge is 0.395 e. The quantitative estimate of drug-likeness (QED) is 0.808. The lowest BCUT2D eigenvalue weighted by molar-refractivity contribution is 0.199. The molecule has 1 saturated heterocycles. The van der Waals surface area contributed by atoms with Crippen LogP contribution in [0.25, 0.3) is 0 Å². The molecular formula is C14H22FN3. The Bertz CT molecular complexity index is 387. The van der Waals surface area contributed by atoms with Crippen LogP contribution >= 0.6 is 0 Å². The van der Waals surface area contributed by atoms with Gasteiger partial charge in [0.05, 0.1) is 11.4 Å². The maximum absolute atomic E-state index is 13.2. The van der Waals surface area contributed by atoms with Gasteiger partial charge >= 0.3 is 0 Å². The van der Waals surface area contributed by atoms with Crippen LogP contribution in [0.1, 0.15) is 19.8 Å². The van der Waals surface area contributed by atoms with E-state index in [-0.39, 0.29) is 11.5 Å². The van der Waals surface area contributed by atoms with Gasteiger partial charge in [-0.15, -0.1) is 0 Å². The monoisotopic (exact) mass is 251 g/mol. The Morgan fingerprint density at radius 2 is 2.11 bits per heavy atom. The minimum Gasteiger partial charge on any atom is -0.395 e. The minimum absolute atomic E-state index is 0.213. The number of hydrogen-bond acceptors (Lipinski definition) is 3. The predicted molar refractivity (Wildman–Crippen MR) is 74.1 cm³/mol. The molecule has 0 aliphatic carbocycles. The highest BCUT2D eigenvalue weighted by molar-refractivity contribution is 5.66. The fraction of sp³-hybridized carbons (Fsp3) is 0.571. The van der Waals surface area contributed by atoms with Gasteiger partial charge in [0.25, 0.3) is 0 Å². The summed E-state index contributed by atoms with van der Waals surface area (Å²) in [5.74, 6) is 0.500. The van der Waals surface area contributed by atoms with Gasteiger partial charge in [0.2, 0.25) is 0 Å². The number of nitrogens with one attached hydrogen (secondary N) is 1. The van der Waals surface area contributed by atoms with E-state index in [4.69, 9.17) is 5.73 Å². The Labute approximate surface area is 108 Å². The second-order valence-corrected chi connectivity index (χ2v) is 5.15.